The van der Waals surface area contributed by atoms with Crippen LogP contribution in [0.5, 0.6) is 0 Å². The van der Waals surface area contributed by atoms with Crippen LogP contribution in [-0.2, 0) is 19.6 Å². The van der Waals surface area contributed by atoms with E-state index in [0.717, 1.165) is 22.5 Å². The van der Waals surface area contributed by atoms with Crippen LogP contribution in [0.4, 0.5) is 11.4 Å². The predicted octanol–water partition coefficient (Wildman–Crippen LogP) is 3.73. The summed E-state index contributed by atoms with van der Waals surface area (Å²) in [6, 6.07) is 9.09. The molecular weight excluding hydrogens is 481 g/mol. The van der Waals surface area contributed by atoms with Gasteiger partial charge in [0.25, 0.3) is 15.7 Å². The van der Waals surface area contributed by atoms with Crippen molar-refractivity contribution in [3.63, 3.8) is 0 Å². The van der Waals surface area contributed by atoms with Gasteiger partial charge >= 0.3 is 0 Å². The highest BCUT2D eigenvalue weighted by molar-refractivity contribution is 7.92. The number of morpholine rings is 1. The molecule has 0 aromatic heterocycles. The summed E-state index contributed by atoms with van der Waals surface area (Å²) in [5.41, 5.74) is -0.360. The van der Waals surface area contributed by atoms with E-state index in [2.05, 4.69) is 0 Å². The van der Waals surface area contributed by atoms with E-state index in [1.54, 1.807) is 4.90 Å². The minimum Gasteiger partial charge on any atom is -0.372 e. The smallest absolute Gasteiger partial charge is 0.289 e. The van der Waals surface area contributed by atoms with Crippen LogP contribution < -0.4 is 4.31 Å². The van der Waals surface area contributed by atoms with Crippen molar-refractivity contribution < 1.29 is 22.9 Å². The summed E-state index contributed by atoms with van der Waals surface area (Å²) < 4.78 is 33.5. The molecular formula is C20H21Cl2N3O6S. The van der Waals surface area contributed by atoms with Crippen molar-refractivity contribution in [2.45, 2.75) is 31.0 Å². The summed E-state index contributed by atoms with van der Waals surface area (Å²) in [4.78, 5) is 24.7. The maximum Gasteiger partial charge on any atom is 0.289 e. The number of nitro groups is 1. The van der Waals surface area contributed by atoms with Gasteiger partial charge in [0.2, 0.25) is 5.91 Å². The highest BCUT2D eigenvalue weighted by Crippen LogP contribution is 2.31. The van der Waals surface area contributed by atoms with Gasteiger partial charge in [0.05, 0.1) is 27.7 Å². The van der Waals surface area contributed by atoms with Crippen LogP contribution in [0.2, 0.25) is 10.0 Å². The number of anilines is 1. The summed E-state index contributed by atoms with van der Waals surface area (Å²) in [5.74, 6) is -0.422. The van der Waals surface area contributed by atoms with Crippen LogP contribution in [-0.4, -0.2) is 56.0 Å². The number of ether oxygens (including phenoxy) is 1. The van der Waals surface area contributed by atoms with E-state index in [1.165, 1.54) is 24.3 Å². The Bertz CT molecular complexity index is 1120. The molecule has 0 N–H and O–H groups in total. The normalized spacial score (nSPS) is 18.9. The predicted molar refractivity (Wildman–Crippen MR) is 121 cm³/mol. The minimum absolute atomic E-state index is 0.190. The number of rotatable bonds is 6. The summed E-state index contributed by atoms with van der Waals surface area (Å²) in [6.45, 7) is 3.81. The molecule has 0 radical (unpaired) electrons. The maximum absolute atomic E-state index is 13.5. The third-order valence-corrected chi connectivity index (χ3v) is 7.21. The molecule has 0 saturated carbocycles. The number of benzene rings is 2. The third kappa shape index (κ3) is 5.32. The van der Waals surface area contributed by atoms with E-state index in [1.807, 2.05) is 13.8 Å². The molecule has 12 heteroatoms. The summed E-state index contributed by atoms with van der Waals surface area (Å²) in [7, 11) is -4.35. The van der Waals surface area contributed by atoms with Crippen molar-refractivity contribution >= 4 is 50.5 Å². The average Bonchev–Trinajstić information content (AvgIpc) is 2.71. The molecule has 2 unspecified atom stereocenters. The standard InChI is InChI=1S/C20H21Cl2N3O6S/c1-13-10-23(11-14(2)31-13)20(26)12-24(16-5-3-15(21)4-6-16)32(29,30)17-7-8-18(22)19(9-17)25(27)28/h3-9,13-14H,10-12H2,1-2H3. The lowest BCUT2D eigenvalue weighted by atomic mass is 10.2. The number of carbonyl (C=O) groups excluding carboxylic acids is 1. The van der Waals surface area contributed by atoms with Crippen LogP contribution in [0.15, 0.2) is 47.4 Å². The third-order valence-electron chi connectivity index (χ3n) is 4.87. The van der Waals surface area contributed by atoms with Crippen molar-refractivity contribution in [2.24, 2.45) is 0 Å². The number of halogens is 2. The van der Waals surface area contributed by atoms with Gasteiger partial charge in [-0.2, -0.15) is 0 Å². The quantitative estimate of drug-likeness (QED) is 0.440. The van der Waals surface area contributed by atoms with E-state index in [4.69, 9.17) is 27.9 Å². The molecule has 1 fully saturated rings. The summed E-state index contributed by atoms with van der Waals surface area (Å²) >= 11 is 11.8. The van der Waals surface area contributed by atoms with Crippen molar-refractivity contribution in [1.82, 2.24) is 4.90 Å². The van der Waals surface area contributed by atoms with E-state index in [0.29, 0.717) is 18.1 Å². The molecule has 1 saturated heterocycles. The van der Waals surface area contributed by atoms with Gasteiger partial charge in [-0.3, -0.25) is 19.2 Å². The van der Waals surface area contributed by atoms with E-state index < -0.39 is 33.1 Å². The number of sulfonamides is 1. The fourth-order valence-corrected chi connectivity index (χ4v) is 5.19. The zero-order chi connectivity index (χ0) is 23.6. The second-order valence-electron chi connectivity index (χ2n) is 7.41. The first-order chi connectivity index (χ1) is 15.0. The first-order valence-corrected chi connectivity index (χ1v) is 11.8. The number of hydrogen-bond acceptors (Lipinski definition) is 6. The highest BCUT2D eigenvalue weighted by atomic mass is 35.5. The second kappa shape index (κ2) is 9.62. The van der Waals surface area contributed by atoms with Crippen molar-refractivity contribution in [3.8, 4) is 0 Å². The molecule has 2 aromatic carbocycles. The Balaban J connectivity index is 2.01. The Hall–Kier alpha value is -2.40. The highest BCUT2D eigenvalue weighted by Gasteiger charge is 2.33. The van der Waals surface area contributed by atoms with Crippen LogP contribution in [0.25, 0.3) is 0 Å². The molecule has 32 heavy (non-hydrogen) atoms. The van der Waals surface area contributed by atoms with Crippen LogP contribution in [0.1, 0.15) is 13.8 Å². The zero-order valence-electron chi connectivity index (χ0n) is 17.3. The molecule has 1 amide bonds. The Morgan fingerprint density at radius 2 is 1.75 bits per heavy atom. The molecule has 2 atom stereocenters. The lowest BCUT2D eigenvalue weighted by molar-refractivity contribution is -0.384. The van der Waals surface area contributed by atoms with Gasteiger partial charge in [-0.05, 0) is 50.2 Å². The Labute approximate surface area is 195 Å². The number of nitrogens with zero attached hydrogens (tertiary/aromatic N) is 3. The number of amides is 1. The SMILES string of the molecule is CC1CN(C(=O)CN(c2ccc(Cl)cc2)S(=O)(=O)c2ccc(Cl)c([N+](=O)[O-])c2)CC(C)O1. The number of carbonyl (C=O) groups is 1. The van der Waals surface area contributed by atoms with Crippen molar-refractivity contribution in [2.75, 3.05) is 23.9 Å². The van der Waals surface area contributed by atoms with Crippen molar-refractivity contribution in [3.05, 3.63) is 62.6 Å². The largest absolute Gasteiger partial charge is 0.372 e. The lowest BCUT2D eigenvalue weighted by Crippen LogP contribution is -2.51. The van der Waals surface area contributed by atoms with E-state index in [-0.39, 0.29) is 27.8 Å². The van der Waals surface area contributed by atoms with Crippen LogP contribution in [0, 0.1) is 10.1 Å². The molecule has 0 aliphatic carbocycles. The Kier molecular flexibility index (Phi) is 7.29. The van der Waals surface area contributed by atoms with Gasteiger partial charge in [-0.15, -0.1) is 0 Å². The summed E-state index contributed by atoms with van der Waals surface area (Å²) in [5, 5.41) is 11.4. The molecule has 0 bridgehead atoms. The van der Waals surface area contributed by atoms with E-state index >= 15 is 0 Å². The van der Waals surface area contributed by atoms with E-state index in [9.17, 15) is 23.3 Å². The average molecular weight is 502 g/mol. The molecule has 0 spiro atoms. The Morgan fingerprint density at radius 1 is 1.16 bits per heavy atom. The molecule has 172 valence electrons. The number of hydrogen-bond donors (Lipinski definition) is 0. The first-order valence-electron chi connectivity index (χ1n) is 9.64. The minimum atomic E-state index is -4.35. The maximum atomic E-state index is 13.5. The van der Waals surface area contributed by atoms with Crippen LogP contribution >= 0.6 is 23.2 Å². The van der Waals surface area contributed by atoms with Crippen LogP contribution in [0.3, 0.4) is 0 Å². The number of nitro benzene ring substituents is 1. The lowest BCUT2D eigenvalue weighted by Gasteiger charge is -2.36. The first kappa shape index (κ1) is 24.2. The van der Waals surface area contributed by atoms with Gasteiger partial charge < -0.3 is 9.64 Å². The van der Waals surface area contributed by atoms with Gasteiger partial charge in [-0.25, -0.2) is 8.42 Å². The molecule has 1 aliphatic rings. The second-order valence-corrected chi connectivity index (χ2v) is 10.1. The molecule has 1 aliphatic heterocycles. The molecule has 3 rings (SSSR count). The Morgan fingerprint density at radius 3 is 2.31 bits per heavy atom. The molecule has 1 heterocycles. The van der Waals surface area contributed by atoms with Gasteiger partial charge in [0.1, 0.15) is 11.6 Å². The monoisotopic (exact) mass is 501 g/mol. The van der Waals surface area contributed by atoms with Gasteiger partial charge in [-0.1, -0.05) is 23.2 Å². The topological polar surface area (TPSA) is 110 Å². The van der Waals surface area contributed by atoms with Gasteiger partial charge in [0.15, 0.2) is 0 Å². The molecule has 9 nitrogen and oxygen atoms in total. The fourth-order valence-electron chi connectivity index (χ4n) is 3.45. The summed E-state index contributed by atoms with van der Waals surface area (Å²) in [6.07, 6.45) is -0.385. The van der Waals surface area contributed by atoms with Crippen molar-refractivity contribution in [1.29, 1.82) is 0 Å². The fraction of sp³-hybridized carbons (Fsp3) is 0.350. The zero-order valence-corrected chi connectivity index (χ0v) is 19.6. The van der Waals surface area contributed by atoms with Gasteiger partial charge in [0, 0.05) is 24.2 Å². The molecule has 2 aromatic rings.